The quantitative estimate of drug-likeness (QED) is 0.508. The van der Waals surface area contributed by atoms with E-state index in [0.717, 1.165) is 56.5 Å². The second kappa shape index (κ2) is 9.51. The van der Waals surface area contributed by atoms with Gasteiger partial charge in [-0.05, 0) is 36.6 Å². The van der Waals surface area contributed by atoms with Crippen LogP contribution in [0.2, 0.25) is 0 Å². The Morgan fingerprint density at radius 3 is 2.32 bits per heavy atom. The minimum atomic E-state index is -0.245. The molecule has 0 amide bonds. The van der Waals surface area contributed by atoms with E-state index in [-0.39, 0.29) is 48.0 Å². The number of anilines is 2. The van der Waals surface area contributed by atoms with Crippen LogP contribution in [-0.2, 0) is 6.54 Å². The maximum atomic E-state index is 14.8. The van der Waals surface area contributed by atoms with Gasteiger partial charge in [-0.15, -0.1) is 24.0 Å². The third-order valence-electron chi connectivity index (χ3n) is 6.07. The van der Waals surface area contributed by atoms with Gasteiger partial charge in [0.25, 0.3) is 0 Å². The number of benzene rings is 1. The molecular formula is C21H27FIN7O. The molecule has 5 rings (SSSR count). The number of nitrogens with zero attached hydrogens (tertiary/aromatic N) is 5. The molecule has 2 aliphatic heterocycles. The van der Waals surface area contributed by atoms with E-state index in [1.54, 1.807) is 24.5 Å². The predicted octanol–water partition coefficient (Wildman–Crippen LogP) is 1.50. The fraction of sp³-hybridized carbons (Fsp3) is 0.476. The van der Waals surface area contributed by atoms with Crippen molar-refractivity contribution in [2.45, 2.75) is 37.6 Å². The first-order valence-corrected chi connectivity index (χ1v) is 10.5. The molecule has 1 saturated carbocycles. The summed E-state index contributed by atoms with van der Waals surface area (Å²) in [6.45, 7) is 3.37. The summed E-state index contributed by atoms with van der Waals surface area (Å²) in [6, 6.07) is 7.63. The number of hydrogen-bond donors (Lipinski definition) is 3. The molecule has 2 aromatic rings. The Balaban J connectivity index is 0.00000231. The van der Waals surface area contributed by atoms with Gasteiger partial charge in [-0.1, -0.05) is 6.07 Å². The third-order valence-corrected chi connectivity index (χ3v) is 6.07. The van der Waals surface area contributed by atoms with Crippen molar-refractivity contribution < 1.29 is 9.50 Å². The summed E-state index contributed by atoms with van der Waals surface area (Å²) < 4.78 is 14.8. The molecule has 166 valence electrons. The second-order valence-electron chi connectivity index (χ2n) is 8.10. The zero-order valence-corrected chi connectivity index (χ0v) is 19.4. The largest absolute Gasteiger partial charge is 0.393 e. The van der Waals surface area contributed by atoms with Crippen molar-refractivity contribution in [1.82, 2.24) is 20.6 Å². The zero-order chi connectivity index (χ0) is 20.5. The number of aromatic nitrogens is 2. The van der Waals surface area contributed by atoms with Gasteiger partial charge in [-0.2, -0.15) is 0 Å². The average Bonchev–Trinajstić information content (AvgIpc) is 3.30. The molecule has 3 atom stereocenters. The minimum absolute atomic E-state index is 0. The molecule has 1 aliphatic carbocycles. The van der Waals surface area contributed by atoms with Crippen molar-refractivity contribution in [2.75, 3.05) is 36.0 Å². The number of aliphatic hydroxyl groups excluding tert-OH is 1. The Hall–Kier alpha value is -2.21. The highest BCUT2D eigenvalue weighted by molar-refractivity contribution is 14.0. The lowest BCUT2D eigenvalue weighted by Gasteiger charge is -2.36. The highest BCUT2D eigenvalue weighted by atomic mass is 127. The van der Waals surface area contributed by atoms with E-state index >= 15 is 0 Å². The number of fused-ring (bicyclic) bond motifs is 1. The summed E-state index contributed by atoms with van der Waals surface area (Å²) in [5.74, 6) is 1.24. The van der Waals surface area contributed by atoms with Gasteiger partial charge in [-0.25, -0.2) is 19.4 Å². The first-order chi connectivity index (χ1) is 14.7. The van der Waals surface area contributed by atoms with Crippen LogP contribution in [-0.4, -0.2) is 65.4 Å². The summed E-state index contributed by atoms with van der Waals surface area (Å²) in [6.07, 6.45) is 4.71. The third kappa shape index (κ3) is 4.84. The fourth-order valence-corrected chi connectivity index (χ4v) is 4.49. The van der Waals surface area contributed by atoms with Crippen molar-refractivity contribution in [3.05, 3.63) is 48.0 Å². The van der Waals surface area contributed by atoms with Crippen molar-refractivity contribution in [1.29, 1.82) is 0 Å². The van der Waals surface area contributed by atoms with Crippen LogP contribution in [0.1, 0.15) is 18.4 Å². The highest BCUT2D eigenvalue weighted by Crippen LogP contribution is 2.25. The van der Waals surface area contributed by atoms with Crippen molar-refractivity contribution >= 4 is 41.6 Å². The van der Waals surface area contributed by atoms with Crippen LogP contribution in [0.15, 0.2) is 41.7 Å². The molecule has 10 heteroatoms. The molecule has 3 fully saturated rings. The van der Waals surface area contributed by atoms with Crippen LogP contribution in [0.5, 0.6) is 0 Å². The fourth-order valence-electron chi connectivity index (χ4n) is 4.49. The van der Waals surface area contributed by atoms with Crippen LogP contribution < -0.4 is 20.4 Å². The molecule has 1 aromatic carbocycles. The van der Waals surface area contributed by atoms with Gasteiger partial charge in [0.2, 0.25) is 5.95 Å². The van der Waals surface area contributed by atoms with E-state index in [1.165, 1.54) is 0 Å². The monoisotopic (exact) mass is 539 g/mol. The van der Waals surface area contributed by atoms with E-state index in [9.17, 15) is 9.50 Å². The van der Waals surface area contributed by atoms with Crippen LogP contribution in [0.4, 0.5) is 16.0 Å². The van der Waals surface area contributed by atoms with E-state index in [1.807, 2.05) is 12.1 Å². The van der Waals surface area contributed by atoms with Crippen LogP contribution in [0.3, 0.4) is 0 Å². The van der Waals surface area contributed by atoms with E-state index < -0.39 is 0 Å². The van der Waals surface area contributed by atoms with Gasteiger partial charge in [0.1, 0.15) is 5.82 Å². The minimum Gasteiger partial charge on any atom is -0.393 e. The van der Waals surface area contributed by atoms with Crippen LogP contribution in [0, 0.1) is 5.82 Å². The topological polar surface area (TPSA) is 88.9 Å². The molecule has 1 aromatic heterocycles. The summed E-state index contributed by atoms with van der Waals surface area (Å²) in [4.78, 5) is 17.3. The lowest BCUT2D eigenvalue weighted by atomic mass is 10.1. The van der Waals surface area contributed by atoms with Crippen molar-refractivity contribution in [2.24, 2.45) is 4.99 Å². The lowest BCUT2D eigenvalue weighted by molar-refractivity contribution is 0.178. The van der Waals surface area contributed by atoms with Gasteiger partial charge in [0.15, 0.2) is 5.96 Å². The highest BCUT2D eigenvalue weighted by Gasteiger charge is 2.38. The van der Waals surface area contributed by atoms with Gasteiger partial charge >= 0.3 is 0 Å². The van der Waals surface area contributed by atoms with Gasteiger partial charge in [0.05, 0.1) is 30.4 Å². The van der Waals surface area contributed by atoms with Crippen LogP contribution >= 0.6 is 24.0 Å². The van der Waals surface area contributed by atoms with Gasteiger partial charge < -0.3 is 25.5 Å². The van der Waals surface area contributed by atoms with Crippen molar-refractivity contribution in [3.63, 3.8) is 0 Å². The molecule has 3 heterocycles. The summed E-state index contributed by atoms with van der Waals surface area (Å²) in [5.41, 5.74) is 1.46. The van der Waals surface area contributed by atoms with Gasteiger partial charge in [-0.3, -0.25) is 0 Å². The number of hydrogen-bond acceptors (Lipinski definition) is 6. The molecule has 0 radical (unpaired) electrons. The zero-order valence-electron chi connectivity index (χ0n) is 17.1. The number of aliphatic hydroxyl groups is 1. The molecule has 3 N–H and O–H groups in total. The van der Waals surface area contributed by atoms with Crippen molar-refractivity contribution in [3.8, 4) is 0 Å². The number of halogens is 2. The lowest BCUT2D eigenvalue weighted by Crippen LogP contribution is -2.47. The van der Waals surface area contributed by atoms with Gasteiger partial charge in [0, 0.05) is 38.6 Å². The normalized spacial score (nSPS) is 26.3. The maximum absolute atomic E-state index is 14.8. The standard InChI is InChI=1S/C21H26FN7O.HI/c22-16-10-14(13-25-20-26-17-11-15(30)12-18(17)27-20)2-3-19(16)28-6-8-29(9-7-28)21-23-4-1-5-24-21;/h1-5,10,15,17-18,30H,6-9,11-13H2,(H2,25,26,27);1H/t15?,17-,18+;. The van der Waals surface area contributed by atoms with E-state index in [4.69, 9.17) is 0 Å². The molecule has 0 bridgehead atoms. The molecular weight excluding hydrogens is 512 g/mol. The summed E-state index contributed by atoms with van der Waals surface area (Å²) in [5, 5.41) is 16.3. The Labute approximate surface area is 198 Å². The first kappa shape index (κ1) is 22.0. The number of piperazine rings is 1. The number of rotatable bonds is 4. The molecule has 3 aliphatic rings. The SMILES string of the molecule is I.OC1C[C@@H]2NC(=NCc3ccc(N4CCN(c5ncccn5)CC4)c(F)c3)N[C@@H]2C1. The Bertz CT molecular complexity index is 907. The predicted molar refractivity (Wildman–Crippen MR) is 129 cm³/mol. The number of nitrogens with one attached hydrogen (secondary N) is 2. The second-order valence-corrected chi connectivity index (χ2v) is 8.10. The van der Waals surface area contributed by atoms with Crippen LogP contribution in [0.25, 0.3) is 0 Å². The first-order valence-electron chi connectivity index (χ1n) is 10.5. The van der Waals surface area contributed by atoms with E-state index in [0.29, 0.717) is 12.2 Å². The summed E-state index contributed by atoms with van der Waals surface area (Å²) in [7, 11) is 0. The molecule has 2 saturated heterocycles. The summed E-state index contributed by atoms with van der Waals surface area (Å²) >= 11 is 0. The Kier molecular flexibility index (Phi) is 6.75. The smallest absolute Gasteiger partial charge is 0.225 e. The Morgan fingerprint density at radius 1 is 1.03 bits per heavy atom. The molecule has 8 nitrogen and oxygen atoms in total. The number of aliphatic imine (C=N–C) groups is 1. The van der Waals surface area contributed by atoms with E-state index in [2.05, 4.69) is 35.4 Å². The molecule has 0 spiro atoms. The number of guanidine groups is 1. The Morgan fingerprint density at radius 2 is 1.68 bits per heavy atom. The maximum Gasteiger partial charge on any atom is 0.225 e. The average molecular weight is 539 g/mol. The molecule has 31 heavy (non-hydrogen) atoms. The molecule has 1 unspecified atom stereocenters.